The minimum Gasteiger partial charge on any atom is -0.437 e. The molecule has 8 heteroatoms. The first-order valence-electron chi connectivity index (χ1n) is 5.71. The second kappa shape index (κ2) is 6.09. The van der Waals surface area contributed by atoms with Crippen molar-refractivity contribution in [1.82, 2.24) is 4.98 Å². The predicted molar refractivity (Wildman–Crippen MR) is 73.7 cm³/mol. The second-order valence-electron chi connectivity index (χ2n) is 4.04. The summed E-state index contributed by atoms with van der Waals surface area (Å²) in [4.78, 5) is 3.45. The van der Waals surface area contributed by atoms with Gasteiger partial charge >= 0.3 is 6.18 Å². The Kier molecular flexibility index (Phi) is 4.61. The van der Waals surface area contributed by atoms with Gasteiger partial charge in [-0.2, -0.15) is 13.2 Å². The maximum atomic E-state index is 12.7. The van der Waals surface area contributed by atoms with Crippen LogP contribution in [-0.4, -0.2) is 4.98 Å². The lowest BCUT2D eigenvalue weighted by atomic mass is 10.2. The normalized spacial score (nSPS) is 11.5. The first kappa shape index (κ1) is 15.9. The Morgan fingerprint density at radius 1 is 1.14 bits per heavy atom. The smallest absolute Gasteiger partial charge is 0.433 e. The molecule has 0 atom stereocenters. The van der Waals surface area contributed by atoms with Crippen LogP contribution < -0.4 is 10.5 Å². The van der Waals surface area contributed by atoms with Crippen LogP contribution in [0.3, 0.4) is 0 Å². The van der Waals surface area contributed by atoms with E-state index in [1.54, 1.807) is 0 Å². The topological polar surface area (TPSA) is 48.1 Å². The average Bonchev–Trinajstić information content (AvgIpc) is 2.42. The summed E-state index contributed by atoms with van der Waals surface area (Å²) in [7, 11) is 0. The minimum absolute atomic E-state index is 0.0291. The number of aromatic nitrogens is 1. The summed E-state index contributed by atoms with van der Waals surface area (Å²) < 4.78 is 43.4. The summed E-state index contributed by atoms with van der Waals surface area (Å²) in [6, 6.07) is 6.43. The molecule has 0 fully saturated rings. The van der Waals surface area contributed by atoms with Crippen molar-refractivity contribution >= 4 is 23.2 Å². The Balaban J connectivity index is 2.44. The third-order valence-electron chi connectivity index (χ3n) is 2.55. The summed E-state index contributed by atoms with van der Waals surface area (Å²) >= 11 is 11.7. The van der Waals surface area contributed by atoms with Gasteiger partial charge in [-0.3, -0.25) is 0 Å². The molecular weight excluding hydrogens is 328 g/mol. The van der Waals surface area contributed by atoms with Crippen LogP contribution in [0.4, 0.5) is 13.2 Å². The summed E-state index contributed by atoms with van der Waals surface area (Å²) in [5, 5.41) is 0.525. The first-order valence-corrected chi connectivity index (χ1v) is 6.47. The third-order valence-corrected chi connectivity index (χ3v) is 3.10. The molecule has 0 saturated heterocycles. The van der Waals surface area contributed by atoms with Crippen LogP contribution in [0, 0.1) is 0 Å². The fourth-order valence-corrected chi connectivity index (χ4v) is 1.85. The molecule has 0 bridgehead atoms. The van der Waals surface area contributed by atoms with Gasteiger partial charge in [0.15, 0.2) is 0 Å². The molecule has 112 valence electrons. The highest BCUT2D eigenvalue weighted by molar-refractivity contribution is 6.34. The fraction of sp³-hybridized carbons (Fsp3) is 0.154. The maximum Gasteiger partial charge on any atom is 0.433 e. The van der Waals surface area contributed by atoms with E-state index in [2.05, 4.69) is 4.98 Å². The van der Waals surface area contributed by atoms with Crippen molar-refractivity contribution in [1.29, 1.82) is 0 Å². The SMILES string of the molecule is NCc1ccc(C(F)(F)F)nc1Oc1cc(Cl)ccc1Cl. The quantitative estimate of drug-likeness (QED) is 0.886. The number of hydrogen-bond donors (Lipinski definition) is 1. The summed E-state index contributed by atoms with van der Waals surface area (Å²) in [5.41, 5.74) is 4.71. The minimum atomic E-state index is -4.58. The molecule has 21 heavy (non-hydrogen) atoms. The number of rotatable bonds is 3. The second-order valence-corrected chi connectivity index (χ2v) is 4.88. The Morgan fingerprint density at radius 3 is 2.48 bits per heavy atom. The zero-order valence-electron chi connectivity index (χ0n) is 10.4. The molecule has 0 amide bonds. The van der Waals surface area contributed by atoms with Crippen molar-refractivity contribution < 1.29 is 17.9 Å². The first-order chi connectivity index (χ1) is 9.81. The Bertz CT molecular complexity index is 662. The molecule has 0 aliphatic carbocycles. The molecule has 0 aliphatic rings. The van der Waals surface area contributed by atoms with E-state index in [1.165, 1.54) is 24.3 Å². The molecule has 2 rings (SSSR count). The number of alkyl halides is 3. The van der Waals surface area contributed by atoms with E-state index >= 15 is 0 Å². The van der Waals surface area contributed by atoms with Crippen LogP contribution in [0.1, 0.15) is 11.3 Å². The van der Waals surface area contributed by atoms with Gasteiger partial charge in [-0.1, -0.05) is 29.3 Å². The van der Waals surface area contributed by atoms with Gasteiger partial charge in [0, 0.05) is 23.2 Å². The molecule has 0 aliphatic heterocycles. The number of nitrogens with zero attached hydrogens (tertiary/aromatic N) is 1. The van der Waals surface area contributed by atoms with Crippen LogP contribution in [0.2, 0.25) is 10.0 Å². The molecule has 1 aromatic heterocycles. The van der Waals surface area contributed by atoms with Gasteiger partial charge in [0.05, 0.1) is 5.02 Å². The van der Waals surface area contributed by atoms with Crippen molar-refractivity contribution in [3.63, 3.8) is 0 Å². The highest BCUT2D eigenvalue weighted by Gasteiger charge is 2.33. The van der Waals surface area contributed by atoms with Crippen LogP contribution in [0.15, 0.2) is 30.3 Å². The van der Waals surface area contributed by atoms with Crippen LogP contribution in [-0.2, 0) is 12.7 Å². The van der Waals surface area contributed by atoms with Crippen molar-refractivity contribution in [2.45, 2.75) is 12.7 Å². The number of pyridine rings is 1. The lowest BCUT2D eigenvalue weighted by Gasteiger charge is -2.13. The van der Waals surface area contributed by atoms with Gasteiger partial charge in [0.1, 0.15) is 11.4 Å². The van der Waals surface area contributed by atoms with Crippen molar-refractivity contribution in [3.8, 4) is 11.6 Å². The van der Waals surface area contributed by atoms with E-state index in [-0.39, 0.29) is 23.2 Å². The molecule has 1 aromatic carbocycles. The van der Waals surface area contributed by atoms with Crippen molar-refractivity contribution in [3.05, 3.63) is 51.6 Å². The number of halogens is 5. The van der Waals surface area contributed by atoms with Gasteiger partial charge in [0.2, 0.25) is 5.88 Å². The lowest BCUT2D eigenvalue weighted by molar-refractivity contribution is -0.141. The summed E-state index contributed by atoms with van der Waals surface area (Å²) in [6.07, 6.45) is -4.58. The largest absolute Gasteiger partial charge is 0.437 e. The molecule has 3 nitrogen and oxygen atoms in total. The molecule has 1 heterocycles. The van der Waals surface area contributed by atoms with Crippen LogP contribution in [0.5, 0.6) is 11.6 Å². The van der Waals surface area contributed by atoms with E-state index < -0.39 is 11.9 Å². The Morgan fingerprint density at radius 2 is 1.86 bits per heavy atom. The molecule has 0 unspecified atom stereocenters. The number of benzene rings is 1. The van der Waals surface area contributed by atoms with Gasteiger partial charge in [-0.25, -0.2) is 4.98 Å². The lowest BCUT2D eigenvalue weighted by Crippen LogP contribution is -2.10. The van der Waals surface area contributed by atoms with Crippen molar-refractivity contribution in [2.75, 3.05) is 0 Å². The Hall–Kier alpha value is -1.50. The summed E-state index contributed by atoms with van der Waals surface area (Å²) in [6.45, 7) is -0.0291. The Labute approximate surface area is 128 Å². The van der Waals surface area contributed by atoms with E-state index in [1.807, 2.05) is 0 Å². The third kappa shape index (κ3) is 3.78. The monoisotopic (exact) mass is 336 g/mol. The predicted octanol–water partition coefficient (Wildman–Crippen LogP) is 4.66. The van der Waals surface area contributed by atoms with Crippen LogP contribution in [0.25, 0.3) is 0 Å². The van der Waals surface area contributed by atoms with Gasteiger partial charge in [-0.15, -0.1) is 0 Å². The standard InChI is InChI=1S/C13H9Cl2F3N2O/c14-8-2-3-9(15)10(5-8)21-12-7(6-19)1-4-11(20-12)13(16,17)18/h1-5H,6,19H2. The average molecular weight is 337 g/mol. The van der Waals surface area contributed by atoms with E-state index in [9.17, 15) is 13.2 Å². The van der Waals surface area contributed by atoms with Gasteiger partial charge in [-0.05, 0) is 18.2 Å². The zero-order chi connectivity index (χ0) is 15.6. The number of nitrogens with two attached hydrogens (primary N) is 1. The van der Waals surface area contributed by atoms with E-state index in [0.717, 1.165) is 6.07 Å². The molecule has 2 N–H and O–H groups in total. The molecule has 0 radical (unpaired) electrons. The van der Waals surface area contributed by atoms with E-state index in [4.69, 9.17) is 33.7 Å². The molecule has 0 saturated carbocycles. The molecule has 2 aromatic rings. The highest BCUT2D eigenvalue weighted by Crippen LogP contribution is 2.35. The molecular formula is C13H9Cl2F3N2O. The van der Waals surface area contributed by atoms with Gasteiger partial charge < -0.3 is 10.5 Å². The van der Waals surface area contributed by atoms with Crippen LogP contribution >= 0.6 is 23.2 Å². The highest BCUT2D eigenvalue weighted by atomic mass is 35.5. The van der Waals surface area contributed by atoms with Gasteiger partial charge in [0.25, 0.3) is 0 Å². The maximum absolute atomic E-state index is 12.7. The van der Waals surface area contributed by atoms with Crippen molar-refractivity contribution in [2.24, 2.45) is 5.73 Å². The fourth-order valence-electron chi connectivity index (χ4n) is 1.53. The van der Waals surface area contributed by atoms with E-state index in [0.29, 0.717) is 10.6 Å². The zero-order valence-corrected chi connectivity index (χ0v) is 11.9. The number of ether oxygens (including phenoxy) is 1. The number of hydrogen-bond acceptors (Lipinski definition) is 3. The molecule has 0 spiro atoms. The summed E-state index contributed by atoms with van der Waals surface area (Å²) in [5.74, 6) is -0.151.